The number of carboxylic acid groups (broad SMARTS) is 1. The Kier molecular flexibility index (Phi) is 7.14. The van der Waals surface area contributed by atoms with Crippen molar-refractivity contribution >= 4 is 45.0 Å². The van der Waals surface area contributed by atoms with Crippen molar-refractivity contribution in [3.05, 3.63) is 70.5 Å². The fraction of sp³-hybridized carbons (Fsp3) is 0.222. The topological polar surface area (TPSA) is 146 Å². The molecule has 11 heteroatoms. The van der Waals surface area contributed by atoms with Crippen molar-refractivity contribution < 1.29 is 32.6 Å². The Morgan fingerprint density at radius 1 is 1.13 bits per heavy atom. The Morgan fingerprint density at radius 2 is 1.87 bits per heavy atom. The minimum Gasteiger partial charge on any atom is -0.497 e. The van der Waals surface area contributed by atoms with Gasteiger partial charge in [-0.2, -0.15) is 0 Å². The second-order valence-electron chi connectivity index (χ2n) is 9.02. The lowest BCUT2D eigenvalue weighted by Gasteiger charge is -2.12. The van der Waals surface area contributed by atoms with Gasteiger partial charge in [0.05, 0.1) is 28.0 Å². The number of hydrogen-bond acceptors (Lipinski definition) is 6. The highest BCUT2D eigenvalue weighted by Gasteiger charge is 2.30. The third-order valence-electron chi connectivity index (χ3n) is 6.31. The average Bonchev–Trinajstić information content (AvgIpc) is 3.37. The summed E-state index contributed by atoms with van der Waals surface area (Å²) in [6, 6.07) is 10.2. The number of benzene rings is 2. The van der Waals surface area contributed by atoms with E-state index in [0.717, 1.165) is 6.07 Å². The van der Waals surface area contributed by atoms with Crippen LogP contribution in [0.3, 0.4) is 0 Å². The molecular formula is C27H27N3O7S. The molecule has 0 radical (unpaired) electrons. The summed E-state index contributed by atoms with van der Waals surface area (Å²) in [6.07, 6.45) is 1.66. The third kappa shape index (κ3) is 4.92. The fourth-order valence-electron chi connectivity index (χ4n) is 4.37. The molecule has 0 spiro atoms. The van der Waals surface area contributed by atoms with Gasteiger partial charge >= 0.3 is 5.97 Å². The molecule has 0 bridgehead atoms. The molecule has 0 atom stereocenters. The van der Waals surface area contributed by atoms with Gasteiger partial charge in [0.2, 0.25) is 15.7 Å². The molecule has 1 aromatic heterocycles. The van der Waals surface area contributed by atoms with E-state index < -0.39 is 15.8 Å². The number of methoxy groups -OCH3 is 1. The van der Waals surface area contributed by atoms with E-state index in [1.54, 1.807) is 45.3 Å². The number of nitrogens with one attached hydrogen (secondary N) is 2. The number of nitrogens with zero attached hydrogens (tertiary/aromatic N) is 1. The predicted molar refractivity (Wildman–Crippen MR) is 141 cm³/mol. The van der Waals surface area contributed by atoms with Crippen LogP contribution in [0.4, 0.5) is 5.69 Å². The first-order chi connectivity index (χ1) is 17.9. The van der Waals surface area contributed by atoms with E-state index in [9.17, 15) is 27.9 Å². The molecule has 3 N–H and O–H groups in total. The molecule has 0 saturated heterocycles. The molecule has 0 saturated carbocycles. The van der Waals surface area contributed by atoms with E-state index >= 15 is 0 Å². The number of fused-ring (bicyclic) bond motifs is 1. The molecule has 2 aromatic carbocycles. The summed E-state index contributed by atoms with van der Waals surface area (Å²) >= 11 is 0. The fourth-order valence-corrected chi connectivity index (χ4v) is 6.14. The van der Waals surface area contributed by atoms with Crippen molar-refractivity contribution in [2.24, 2.45) is 0 Å². The van der Waals surface area contributed by atoms with Crippen molar-refractivity contribution in [2.45, 2.75) is 29.6 Å². The zero-order chi connectivity index (χ0) is 27.8. The molecule has 0 fully saturated rings. The Labute approximate surface area is 219 Å². The van der Waals surface area contributed by atoms with Gasteiger partial charge in [0, 0.05) is 43.2 Å². The standard InChI is InChI=1S/C27H27N3O7S/c1-15-25(38(35,36)18-7-5-6-16(12-18)27(33)34)19(9-11-24(31)30(2)3)23(28-15)14-21-20-13-17(37-4)8-10-22(20)29-26(21)32/h5-8,10,12-14,28H,9,11H2,1-4H3,(H,29,32)(H,33,34). The smallest absolute Gasteiger partial charge is 0.335 e. The van der Waals surface area contributed by atoms with Gasteiger partial charge < -0.3 is 25.0 Å². The summed E-state index contributed by atoms with van der Waals surface area (Å²) in [6.45, 7) is 1.58. The average molecular weight is 538 g/mol. The lowest BCUT2D eigenvalue weighted by Crippen LogP contribution is -2.22. The van der Waals surface area contributed by atoms with Crippen LogP contribution < -0.4 is 10.1 Å². The van der Waals surface area contributed by atoms with Gasteiger partial charge in [0.15, 0.2) is 0 Å². The molecule has 1 aliphatic heterocycles. The molecule has 10 nitrogen and oxygen atoms in total. The second kappa shape index (κ2) is 10.2. The van der Waals surface area contributed by atoms with E-state index in [2.05, 4.69) is 10.3 Å². The van der Waals surface area contributed by atoms with Gasteiger partial charge in [0.25, 0.3) is 5.91 Å². The van der Waals surface area contributed by atoms with Crippen LogP contribution in [0.1, 0.15) is 39.3 Å². The van der Waals surface area contributed by atoms with Crippen molar-refractivity contribution in [3.8, 4) is 5.75 Å². The number of carboxylic acids is 1. The summed E-state index contributed by atoms with van der Waals surface area (Å²) in [5, 5.41) is 12.1. The molecule has 2 amide bonds. The highest BCUT2D eigenvalue weighted by molar-refractivity contribution is 7.91. The van der Waals surface area contributed by atoms with Crippen LogP contribution in [0, 0.1) is 6.92 Å². The van der Waals surface area contributed by atoms with E-state index in [4.69, 9.17) is 4.74 Å². The van der Waals surface area contributed by atoms with Gasteiger partial charge in [0.1, 0.15) is 5.75 Å². The third-order valence-corrected chi connectivity index (χ3v) is 8.27. The summed E-state index contributed by atoms with van der Waals surface area (Å²) < 4.78 is 32.9. The summed E-state index contributed by atoms with van der Waals surface area (Å²) in [5.74, 6) is -1.27. The van der Waals surface area contributed by atoms with E-state index in [-0.39, 0.29) is 40.0 Å². The Bertz CT molecular complexity index is 1600. The van der Waals surface area contributed by atoms with Crippen LogP contribution in [0.15, 0.2) is 52.3 Å². The zero-order valence-electron chi connectivity index (χ0n) is 21.3. The molecule has 38 heavy (non-hydrogen) atoms. The number of anilines is 1. The number of aryl methyl sites for hydroxylation is 1. The lowest BCUT2D eigenvalue weighted by atomic mass is 10.0. The largest absolute Gasteiger partial charge is 0.497 e. The zero-order valence-corrected chi connectivity index (χ0v) is 22.1. The first-order valence-electron chi connectivity index (χ1n) is 11.7. The first-order valence-corrected chi connectivity index (χ1v) is 13.1. The minimum absolute atomic E-state index is 0.0226. The molecule has 1 aliphatic rings. The molecule has 198 valence electrons. The highest BCUT2D eigenvalue weighted by atomic mass is 32.2. The number of aromatic carboxylic acids is 1. The minimum atomic E-state index is -4.19. The van der Waals surface area contributed by atoms with Gasteiger partial charge in [-0.25, -0.2) is 13.2 Å². The number of amides is 2. The number of aromatic nitrogens is 1. The molecule has 4 rings (SSSR count). The summed E-state index contributed by atoms with van der Waals surface area (Å²) in [7, 11) is 0.537. The van der Waals surface area contributed by atoms with Gasteiger partial charge in [-0.05, 0) is 61.4 Å². The molecule has 3 aromatic rings. The second-order valence-corrected chi connectivity index (χ2v) is 10.9. The number of ether oxygens (including phenoxy) is 1. The Balaban J connectivity index is 1.90. The van der Waals surface area contributed by atoms with Crippen LogP contribution in [0.2, 0.25) is 0 Å². The SMILES string of the molecule is COc1ccc2c(c1)C(=Cc1[nH]c(C)c(S(=O)(=O)c3cccc(C(=O)O)c3)c1CCC(=O)N(C)C)C(=O)N2. The summed E-state index contributed by atoms with van der Waals surface area (Å²) in [5.41, 5.74) is 2.31. The van der Waals surface area contributed by atoms with Gasteiger partial charge in [-0.1, -0.05) is 6.07 Å². The summed E-state index contributed by atoms with van der Waals surface area (Å²) in [4.78, 5) is 41.0. The van der Waals surface area contributed by atoms with Gasteiger partial charge in [-0.15, -0.1) is 0 Å². The van der Waals surface area contributed by atoms with Crippen molar-refractivity contribution in [2.75, 3.05) is 26.5 Å². The number of H-pyrrole nitrogens is 1. The van der Waals surface area contributed by atoms with E-state index in [1.807, 2.05) is 0 Å². The monoisotopic (exact) mass is 537 g/mol. The lowest BCUT2D eigenvalue weighted by molar-refractivity contribution is -0.128. The Hall–Kier alpha value is -4.38. The van der Waals surface area contributed by atoms with Crippen LogP contribution in [-0.2, 0) is 25.8 Å². The van der Waals surface area contributed by atoms with Crippen LogP contribution in [0.5, 0.6) is 5.75 Å². The first kappa shape index (κ1) is 26.7. The molecule has 0 aliphatic carbocycles. The number of carbonyl (C=O) groups excluding carboxylic acids is 2. The maximum absolute atomic E-state index is 13.8. The number of carbonyl (C=O) groups is 3. The number of hydrogen-bond donors (Lipinski definition) is 3. The number of aromatic amines is 1. The number of sulfone groups is 1. The van der Waals surface area contributed by atoms with E-state index in [0.29, 0.717) is 39.5 Å². The maximum atomic E-state index is 13.8. The van der Waals surface area contributed by atoms with Crippen LogP contribution in [-0.4, -0.2) is 62.4 Å². The van der Waals surface area contributed by atoms with Crippen molar-refractivity contribution in [3.63, 3.8) is 0 Å². The van der Waals surface area contributed by atoms with Crippen molar-refractivity contribution in [1.82, 2.24) is 9.88 Å². The predicted octanol–water partition coefficient (Wildman–Crippen LogP) is 3.38. The van der Waals surface area contributed by atoms with Crippen LogP contribution in [0.25, 0.3) is 11.6 Å². The molecule has 0 unspecified atom stereocenters. The number of rotatable bonds is 8. The van der Waals surface area contributed by atoms with E-state index in [1.165, 1.54) is 30.2 Å². The quantitative estimate of drug-likeness (QED) is 0.374. The molecule has 2 heterocycles. The van der Waals surface area contributed by atoms with Crippen LogP contribution >= 0.6 is 0 Å². The van der Waals surface area contributed by atoms with Crippen molar-refractivity contribution in [1.29, 1.82) is 0 Å². The maximum Gasteiger partial charge on any atom is 0.335 e. The highest BCUT2D eigenvalue weighted by Crippen LogP contribution is 2.38. The Morgan fingerprint density at radius 3 is 2.53 bits per heavy atom. The molecular weight excluding hydrogens is 510 g/mol. The van der Waals surface area contributed by atoms with Gasteiger partial charge in [-0.3, -0.25) is 9.59 Å². The normalized spacial score (nSPS) is 13.8.